The molecule has 0 saturated carbocycles. The molecule has 0 aromatic heterocycles. The Morgan fingerprint density at radius 2 is 1.76 bits per heavy atom. The van der Waals surface area contributed by atoms with Gasteiger partial charge in [0.05, 0.1) is 18.9 Å². The second kappa shape index (κ2) is 8.23. The molecule has 2 aromatic carbocycles. The van der Waals surface area contributed by atoms with Gasteiger partial charge >= 0.3 is 0 Å². The highest BCUT2D eigenvalue weighted by Crippen LogP contribution is 2.28. The molecule has 0 spiro atoms. The third-order valence-electron chi connectivity index (χ3n) is 3.87. The summed E-state index contributed by atoms with van der Waals surface area (Å²) >= 11 is 0. The zero-order valence-corrected chi connectivity index (χ0v) is 15.3. The number of aromatic hydroxyl groups is 1. The van der Waals surface area contributed by atoms with Gasteiger partial charge in [-0.1, -0.05) is 18.2 Å². The summed E-state index contributed by atoms with van der Waals surface area (Å²) in [6.07, 6.45) is -0.638. The molecule has 0 aliphatic carbocycles. The monoisotopic (exact) mass is 344 g/mol. The van der Waals surface area contributed by atoms with Crippen LogP contribution >= 0.6 is 0 Å². The maximum Gasteiger partial charge on any atom is 0.138 e. The van der Waals surface area contributed by atoms with Crippen molar-refractivity contribution in [1.29, 1.82) is 0 Å². The van der Waals surface area contributed by atoms with Crippen LogP contribution in [0.3, 0.4) is 0 Å². The third-order valence-corrected chi connectivity index (χ3v) is 3.87. The topological polar surface area (TPSA) is 73.8 Å². The van der Waals surface area contributed by atoms with Crippen LogP contribution in [0, 0.1) is 0 Å². The maximum atomic E-state index is 10.4. The molecule has 0 saturated heterocycles. The van der Waals surface area contributed by atoms with Gasteiger partial charge in [0.1, 0.15) is 11.5 Å². The molecule has 0 fully saturated rings. The SMILES string of the molecule is COc1ccc(CNc2cc([C@H](O)CNC(C)(C)C)ccc2O)cc1. The van der Waals surface area contributed by atoms with E-state index in [9.17, 15) is 10.2 Å². The van der Waals surface area contributed by atoms with Crippen molar-refractivity contribution in [1.82, 2.24) is 5.32 Å². The summed E-state index contributed by atoms with van der Waals surface area (Å²) in [6.45, 7) is 7.18. The number of methoxy groups -OCH3 is 1. The Morgan fingerprint density at radius 1 is 1.08 bits per heavy atom. The van der Waals surface area contributed by atoms with Gasteiger partial charge in [-0.15, -0.1) is 0 Å². The Balaban J connectivity index is 2.02. The Hall–Kier alpha value is -2.24. The molecule has 0 heterocycles. The van der Waals surface area contributed by atoms with E-state index in [1.807, 2.05) is 24.3 Å². The molecule has 0 aliphatic heterocycles. The van der Waals surface area contributed by atoms with Crippen molar-refractivity contribution in [3.8, 4) is 11.5 Å². The molecule has 2 aromatic rings. The van der Waals surface area contributed by atoms with Crippen molar-refractivity contribution >= 4 is 5.69 Å². The van der Waals surface area contributed by atoms with Crippen LogP contribution in [0.4, 0.5) is 5.69 Å². The van der Waals surface area contributed by atoms with Crippen LogP contribution in [0.25, 0.3) is 0 Å². The first-order valence-electron chi connectivity index (χ1n) is 8.41. The van der Waals surface area contributed by atoms with E-state index >= 15 is 0 Å². The number of phenolic OH excluding ortho intramolecular Hbond substituents is 1. The summed E-state index contributed by atoms with van der Waals surface area (Å²) < 4.78 is 5.15. The number of rotatable bonds is 7. The number of anilines is 1. The van der Waals surface area contributed by atoms with Crippen LogP contribution in [0.5, 0.6) is 11.5 Å². The van der Waals surface area contributed by atoms with Crippen LogP contribution in [-0.4, -0.2) is 29.4 Å². The Bertz CT molecular complexity index is 678. The number of aliphatic hydroxyl groups is 1. The lowest BCUT2D eigenvalue weighted by Gasteiger charge is -2.23. The standard InChI is InChI=1S/C20H28N2O3/c1-20(2,3)22-13-19(24)15-7-10-18(23)17(11-15)21-12-14-5-8-16(25-4)9-6-14/h5-11,19,21-24H,12-13H2,1-4H3/t19-/m1/s1. The van der Waals surface area contributed by atoms with Crippen LogP contribution in [-0.2, 0) is 6.54 Å². The predicted molar refractivity (Wildman–Crippen MR) is 101 cm³/mol. The van der Waals surface area contributed by atoms with Crippen molar-refractivity contribution in [2.45, 2.75) is 39.0 Å². The number of β-amino-alcohol motifs (C(OH)–C–C–N with tert-alkyl or cyclic N) is 1. The lowest BCUT2D eigenvalue weighted by atomic mass is 10.1. The van der Waals surface area contributed by atoms with Crippen molar-refractivity contribution in [2.75, 3.05) is 19.0 Å². The highest BCUT2D eigenvalue weighted by molar-refractivity contribution is 5.58. The number of phenols is 1. The van der Waals surface area contributed by atoms with Crippen LogP contribution in [0.1, 0.15) is 38.0 Å². The molecule has 0 aliphatic rings. The van der Waals surface area contributed by atoms with Crippen molar-refractivity contribution in [2.24, 2.45) is 0 Å². The fourth-order valence-corrected chi connectivity index (χ4v) is 2.36. The molecule has 0 unspecified atom stereocenters. The fourth-order valence-electron chi connectivity index (χ4n) is 2.36. The van der Waals surface area contributed by atoms with Gasteiger partial charge in [-0.25, -0.2) is 0 Å². The molecule has 5 nitrogen and oxygen atoms in total. The largest absolute Gasteiger partial charge is 0.506 e. The Labute approximate surface area is 149 Å². The minimum absolute atomic E-state index is 0.0622. The van der Waals surface area contributed by atoms with Gasteiger partial charge in [-0.05, 0) is 56.2 Å². The van der Waals surface area contributed by atoms with Gasteiger partial charge in [0.2, 0.25) is 0 Å². The molecule has 25 heavy (non-hydrogen) atoms. The number of ether oxygens (including phenoxy) is 1. The van der Waals surface area contributed by atoms with E-state index < -0.39 is 6.10 Å². The molecule has 0 amide bonds. The van der Waals surface area contributed by atoms with Gasteiger partial charge in [0, 0.05) is 18.6 Å². The molecule has 136 valence electrons. The second-order valence-electron chi connectivity index (χ2n) is 7.12. The quantitative estimate of drug-likeness (QED) is 0.579. The molecule has 0 bridgehead atoms. The molecular formula is C20H28N2O3. The molecule has 1 atom stereocenters. The van der Waals surface area contributed by atoms with E-state index in [0.717, 1.165) is 16.9 Å². The lowest BCUT2D eigenvalue weighted by molar-refractivity contribution is 0.163. The van der Waals surface area contributed by atoms with Crippen LogP contribution in [0.2, 0.25) is 0 Å². The first-order chi connectivity index (χ1) is 11.8. The van der Waals surface area contributed by atoms with Gasteiger partial charge in [-0.2, -0.15) is 0 Å². The minimum Gasteiger partial charge on any atom is -0.506 e. The first-order valence-corrected chi connectivity index (χ1v) is 8.41. The second-order valence-corrected chi connectivity index (χ2v) is 7.12. The summed E-state index contributed by atoms with van der Waals surface area (Å²) in [5.74, 6) is 0.969. The smallest absolute Gasteiger partial charge is 0.138 e. The minimum atomic E-state index is -0.638. The van der Waals surface area contributed by atoms with E-state index in [1.54, 1.807) is 25.3 Å². The fraction of sp³-hybridized carbons (Fsp3) is 0.400. The van der Waals surface area contributed by atoms with Crippen molar-refractivity contribution in [3.63, 3.8) is 0 Å². The molecule has 2 rings (SSSR count). The Morgan fingerprint density at radius 3 is 2.36 bits per heavy atom. The molecule has 4 N–H and O–H groups in total. The van der Waals surface area contributed by atoms with E-state index in [-0.39, 0.29) is 11.3 Å². The summed E-state index contributed by atoms with van der Waals surface area (Å²) in [4.78, 5) is 0. The van der Waals surface area contributed by atoms with E-state index in [2.05, 4.69) is 31.4 Å². The number of hydrogen-bond donors (Lipinski definition) is 4. The lowest BCUT2D eigenvalue weighted by Crippen LogP contribution is -2.38. The summed E-state index contributed by atoms with van der Waals surface area (Å²) in [7, 11) is 1.64. The molecular weight excluding hydrogens is 316 g/mol. The zero-order valence-electron chi connectivity index (χ0n) is 15.3. The summed E-state index contributed by atoms with van der Waals surface area (Å²) in [5.41, 5.74) is 2.36. The first kappa shape index (κ1) is 19.1. The predicted octanol–water partition coefficient (Wildman–Crippen LogP) is 3.43. The van der Waals surface area contributed by atoms with Crippen molar-refractivity contribution < 1.29 is 14.9 Å². The molecule has 0 radical (unpaired) electrons. The van der Waals surface area contributed by atoms with Gasteiger partial charge in [0.25, 0.3) is 0 Å². The van der Waals surface area contributed by atoms with Gasteiger partial charge in [-0.3, -0.25) is 0 Å². The van der Waals surface area contributed by atoms with E-state index in [4.69, 9.17) is 4.74 Å². The van der Waals surface area contributed by atoms with Gasteiger partial charge in [0.15, 0.2) is 0 Å². The number of hydrogen-bond acceptors (Lipinski definition) is 5. The zero-order chi connectivity index (χ0) is 18.4. The average molecular weight is 344 g/mol. The van der Waals surface area contributed by atoms with Crippen LogP contribution < -0.4 is 15.4 Å². The van der Waals surface area contributed by atoms with Crippen LogP contribution in [0.15, 0.2) is 42.5 Å². The third kappa shape index (κ3) is 5.96. The van der Waals surface area contributed by atoms with Gasteiger partial charge < -0.3 is 25.6 Å². The van der Waals surface area contributed by atoms with E-state index in [0.29, 0.717) is 18.8 Å². The normalized spacial score (nSPS) is 12.7. The number of nitrogens with one attached hydrogen (secondary N) is 2. The summed E-state index contributed by atoms with van der Waals surface area (Å²) in [6, 6.07) is 12.9. The highest BCUT2D eigenvalue weighted by atomic mass is 16.5. The number of aliphatic hydroxyl groups excluding tert-OH is 1. The number of benzene rings is 2. The van der Waals surface area contributed by atoms with Crippen molar-refractivity contribution in [3.05, 3.63) is 53.6 Å². The average Bonchev–Trinajstić information content (AvgIpc) is 2.58. The van der Waals surface area contributed by atoms with E-state index in [1.165, 1.54) is 0 Å². The Kier molecular flexibility index (Phi) is 6.28. The summed E-state index contributed by atoms with van der Waals surface area (Å²) in [5, 5.41) is 26.9. The highest BCUT2D eigenvalue weighted by Gasteiger charge is 2.15. The maximum absolute atomic E-state index is 10.4. The molecule has 5 heteroatoms.